The first kappa shape index (κ1) is 12.2. The summed E-state index contributed by atoms with van der Waals surface area (Å²) in [6.07, 6.45) is 2.67. The van der Waals surface area contributed by atoms with Gasteiger partial charge in [0, 0.05) is 0 Å². The van der Waals surface area contributed by atoms with Crippen LogP contribution in [0.15, 0.2) is 11.0 Å². The Hall–Kier alpha value is -1.85. The summed E-state index contributed by atoms with van der Waals surface area (Å²) in [5, 5.41) is 2.20. The highest BCUT2D eigenvalue weighted by atomic mass is 16.5. The third-order valence-corrected chi connectivity index (χ3v) is 1.90. The molecule has 0 radical (unpaired) electrons. The molecule has 2 N–H and O–H groups in total. The number of aromatic nitrogens is 2. The average molecular weight is 225 g/mol. The molecule has 0 atom stereocenters. The molecule has 6 heteroatoms. The summed E-state index contributed by atoms with van der Waals surface area (Å²) in [6, 6.07) is 0. The lowest BCUT2D eigenvalue weighted by Crippen LogP contribution is -2.16. The van der Waals surface area contributed by atoms with Crippen molar-refractivity contribution in [2.24, 2.45) is 5.92 Å². The second-order valence-corrected chi connectivity index (χ2v) is 3.71. The number of carbonyl (C=O) groups is 1. The van der Waals surface area contributed by atoms with Crippen molar-refractivity contribution in [2.45, 2.75) is 20.3 Å². The maximum Gasteiger partial charge on any atom is 0.291 e. The van der Waals surface area contributed by atoms with Crippen LogP contribution in [0.2, 0.25) is 0 Å². The maximum absolute atomic E-state index is 11.1. The monoisotopic (exact) mass is 225 g/mol. The molecule has 0 aliphatic heterocycles. The van der Waals surface area contributed by atoms with Crippen molar-refractivity contribution in [2.75, 3.05) is 11.9 Å². The van der Waals surface area contributed by atoms with Crippen LogP contribution in [0.1, 0.15) is 20.3 Å². The first-order chi connectivity index (χ1) is 7.63. The van der Waals surface area contributed by atoms with Gasteiger partial charge in [0.25, 0.3) is 5.56 Å². The number of H-pyrrole nitrogens is 1. The third kappa shape index (κ3) is 3.72. The van der Waals surface area contributed by atoms with Gasteiger partial charge in [-0.05, 0) is 12.3 Å². The molecular formula is C10H15N3O3. The quantitative estimate of drug-likeness (QED) is 0.700. The molecule has 0 saturated heterocycles. The van der Waals surface area contributed by atoms with Crippen molar-refractivity contribution >= 4 is 12.2 Å². The summed E-state index contributed by atoms with van der Waals surface area (Å²) in [5.41, 5.74) is -0.455. The summed E-state index contributed by atoms with van der Waals surface area (Å²) in [5.74, 6) is 0.775. The molecule has 0 saturated carbocycles. The molecule has 0 fully saturated rings. The highest BCUT2D eigenvalue weighted by Crippen LogP contribution is 2.07. The number of hydrogen-bond acceptors (Lipinski definition) is 4. The Labute approximate surface area is 93.0 Å². The van der Waals surface area contributed by atoms with E-state index in [2.05, 4.69) is 29.1 Å². The number of aromatic amines is 1. The van der Waals surface area contributed by atoms with Gasteiger partial charge in [-0.15, -0.1) is 0 Å². The van der Waals surface area contributed by atoms with Gasteiger partial charge < -0.3 is 15.0 Å². The Balaban J connectivity index is 2.63. The topological polar surface area (TPSA) is 84.1 Å². The Kier molecular flexibility index (Phi) is 4.50. The number of ether oxygens (including phenoxy) is 1. The van der Waals surface area contributed by atoms with Crippen molar-refractivity contribution in [3.8, 4) is 5.88 Å². The fraction of sp³-hybridized carbons (Fsp3) is 0.500. The average Bonchev–Trinajstić information content (AvgIpc) is 2.22. The van der Waals surface area contributed by atoms with Gasteiger partial charge in [0.2, 0.25) is 18.1 Å². The molecule has 1 heterocycles. The number of hydrogen-bond donors (Lipinski definition) is 2. The largest absolute Gasteiger partial charge is 0.477 e. The van der Waals surface area contributed by atoms with E-state index in [9.17, 15) is 9.59 Å². The SMILES string of the molecule is CC(C)CCOc1c[nH]c(=O)c(NC=O)n1. The lowest BCUT2D eigenvalue weighted by Gasteiger charge is -2.07. The Morgan fingerprint density at radius 3 is 3.00 bits per heavy atom. The zero-order chi connectivity index (χ0) is 12.0. The van der Waals surface area contributed by atoms with E-state index in [1.54, 1.807) is 0 Å². The van der Waals surface area contributed by atoms with Gasteiger partial charge in [-0.25, -0.2) is 0 Å². The van der Waals surface area contributed by atoms with E-state index in [0.29, 0.717) is 24.8 Å². The van der Waals surface area contributed by atoms with Gasteiger partial charge >= 0.3 is 0 Å². The first-order valence-corrected chi connectivity index (χ1v) is 5.06. The van der Waals surface area contributed by atoms with Crippen molar-refractivity contribution in [1.29, 1.82) is 0 Å². The fourth-order valence-electron chi connectivity index (χ4n) is 1.02. The summed E-state index contributed by atoms with van der Waals surface area (Å²) in [6.45, 7) is 4.70. The van der Waals surface area contributed by atoms with E-state index < -0.39 is 5.56 Å². The van der Waals surface area contributed by atoms with Gasteiger partial charge in [-0.1, -0.05) is 13.8 Å². The van der Waals surface area contributed by atoms with Gasteiger partial charge in [-0.2, -0.15) is 4.98 Å². The van der Waals surface area contributed by atoms with E-state index in [1.165, 1.54) is 6.20 Å². The van der Waals surface area contributed by atoms with Crippen LogP contribution in [0.25, 0.3) is 0 Å². The third-order valence-electron chi connectivity index (χ3n) is 1.90. The number of nitrogens with zero attached hydrogens (tertiary/aromatic N) is 1. The Morgan fingerprint density at radius 1 is 1.62 bits per heavy atom. The van der Waals surface area contributed by atoms with E-state index in [4.69, 9.17) is 4.74 Å². The molecule has 16 heavy (non-hydrogen) atoms. The summed E-state index contributed by atoms with van der Waals surface area (Å²) >= 11 is 0. The molecule has 1 rings (SSSR count). The number of amides is 1. The second kappa shape index (κ2) is 5.89. The minimum absolute atomic E-state index is 0.0583. The molecule has 1 aromatic heterocycles. The Bertz CT molecular complexity index is 401. The van der Waals surface area contributed by atoms with Crippen molar-refractivity contribution in [3.63, 3.8) is 0 Å². The van der Waals surface area contributed by atoms with Crippen molar-refractivity contribution < 1.29 is 9.53 Å². The lowest BCUT2D eigenvalue weighted by molar-refractivity contribution is -0.105. The molecule has 0 aromatic carbocycles. The normalized spacial score (nSPS) is 10.2. The molecule has 0 bridgehead atoms. The standard InChI is InChI=1S/C10H15N3O3/c1-7(2)3-4-16-8-5-11-10(15)9(13-8)12-6-14/h5-7H,3-4H2,1-2H3,(H,11,15)(H,12,13,14). The van der Waals surface area contributed by atoms with Crippen LogP contribution in [-0.2, 0) is 4.79 Å². The molecule has 6 nitrogen and oxygen atoms in total. The minimum atomic E-state index is -0.455. The molecule has 1 amide bonds. The van der Waals surface area contributed by atoms with E-state index in [0.717, 1.165) is 6.42 Å². The molecule has 0 spiro atoms. The fourth-order valence-corrected chi connectivity index (χ4v) is 1.02. The molecule has 0 unspecified atom stereocenters. The smallest absolute Gasteiger partial charge is 0.291 e. The predicted octanol–water partition coefficient (Wildman–Crippen LogP) is 0.763. The van der Waals surface area contributed by atoms with Gasteiger partial charge in [0.15, 0.2) is 0 Å². The van der Waals surface area contributed by atoms with Crippen LogP contribution in [0.5, 0.6) is 5.88 Å². The van der Waals surface area contributed by atoms with Crippen molar-refractivity contribution in [3.05, 3.63) is 16.6 Å². The van der Waals surface area contributed by atoms with Crippen LogP contribution < -0.4 is 15.6 Å². The molecule has 88 valence electrons. The van der Waals surface area contributed by atoms with Crippen LogP contribution in [0, 0.1) is 5.92 Å². The van der Waals surface area contributed by atoms with Gasteiger partial charge in [0.05, 0.1) is 12.8 Å². The summed E-state index contributed by atoms with van der Waals surface area (Å²) < 4.78 is 5.32. The van der Waals surface area contributed by atoms with Crippen LogP contribution in [-0.4, -0.2) is 23.0 Å². The maximum atomic E-state index is 11.1. The summed E-state index contributed by atoms with van der Waals surface area (Å²) in [7, 11) is 0. The van der Waals surface area contributed by atoms with Crippen LogP contribution in [0.4, 0.5) is 5.82 Å². The van der Waals surface area contributed by atoms with Crippen LogP contribution in [0.3, 0.4) is 0 Å². The molecule has 0 aliphatic carbocycles. The van der Waals surface area contributed by atoms with E-state index in [-0.39, 0.29) is 5.82 Å². The van der Waals surface area contributed by atoms with Gasteiger partial charge in [0.1, 0.15) is 0 Å². The predicted molar refractivity (Wildman–Crippen MR) is 59.5 cm³/mol. The van der Waals surface area contributed by atoms with E-state index >= 15 is 0 Å². The Morgan fingerprint density at radius 2 is 2.38 bits per heavy atom. The molecular weight excluding hydrogens is 210 g/mol. The number of anilines is 1. The lowest BCUT2D eigenvalue weighted by atomic mass is 10.1. The molecule has 1 aromatic rings. The highest BCUT2D eigenvalue weighted by molar-refractivity contribution is 5.68. The van der Waals surface area contributed by atoms with Gasteiger partial charge in [-0.3, -0.25) is 9.59 Å². The molecule has 0 aliphatic rings. The first-order valence-electron chi connectivity index (χ1n) is 5.06. The second-order valence-electron chi connectivity index (χ2n) is 3.71. The zero-order valence-corrected chi connectivity index (χ0v) is 9.32. The van der Waals surface area contributed by atoms with Crippen molar-refractivity contribution in [1.82, 2.24) is 9.97 Å². The highest BCUT2D eigenvalue weighted by Gasteiger charge is 2.03. The van der Waals surface area contributed by atoms with E-state index in [1.807, 2.05) is 0 Å². The number of nitrogens with one attached hydrogen (secondary N) is 2. The zero-order valence-electron chi connectivity index (χ0n) is 9.32. The van der Waals surface area contributed by atoms with Crippen LogP contribution >= 0.6 is 0 Å². The summed E-state index contributed by atoms with van der Waals surface area (Å²) in [4.78, 5) is 27.6. The number of rotatable bonds is 6. The number of carbonyl (C=O) groups excluding carboxylic acids is 1. The minimum Gasteiger partial charge on any atom is -0.477 e.